The van der Waals surface area contributed by atoms with Gasteiger partial charge in [0.25, 0.3) is 0 Å². The van der Waals surface area contributed by atoms with E-state index in [2.05, 4.69) is 13.8 Å². The Kier molecular flexibility index (Phi) is 4.88. The van der Waals surface area contributed by atoms with E-state index in [4.69, 9.17) is 0 Å². The van der Waals surface area contributed by atoms with Gasteiger partial charge in [-0.15, -0.1) is 0 Å². The van der Waals surface area contributed by atoms with Crippen LogP contribution in [-0.4, -0.2) is 0 Å². The second kappa shape index (κ2) is 6.42. The first-order valence-corrected chi connectivity index (χ1v) is 7.74. The number of hydrogen-bond acceptors (Lipinski definition) is 0. The summed E-state index contributed by atoms with van der Waals surface area (Å²) < 4.78 is 0. The average molecular weight is 232 g/mol. The molecule has 0 aromatic carbocycles. The van der Waals surface area contributed by atoms with E-state index in [0.29, 0.717) is 0 Å². The van der Waals surface area contributed by atoms with Crippen molar-refractivity contribution in [2.75, 3.05) is 0 Å². The van der Waals surface area contributed by atoms with Gasteiger partial charge in [0, 0.05) is 0 Å². The van der Waals surface area contributed by atoms with E-state index in [1.807, 2.05) is 22.3 Å². The standard InChI is InChI=1S/C17H28/c1-3-5-6-9-15-13-16-10-7-11-17(15)12-14(16)8-4-2/h3-13H2,1-2H3. The average Bonchev–Trinajstić information content (AvgIpc) is 2.63. The Bertz CT molecular complexity index is 317. The third-order valence-electron chi connectivity index (χ3n) is 4.44. The third-order valence-corrected chi connectivity index (χ3v) is 4.44. The molecule has 3 aliphatic carbocycles. The molecule has 0 fully saturated rings. The maximum atomic E-state index is 2.32. The van der Waals surface area contributed by atoms with Gasteiger partial charge in [-0.05, 0) is 51.4 Å². The quantitative estimate of drug-likeness (QED) is 0.393. The Morgan fingerprint density at radius 1 is 0.765 bits per heavy atom. The van der Waals surface area contributed by atoms with E-state index in [0.717, 1.165) is 0 Å². The molecule has 0 nitrogen and oxygen atoms in total. The highest BCUT2D eigenvalue weighted by atomic mass is 14.3. The van der Waals surface area contributed by atoms with E-state index in [9.17, 15) is 0 Å². The monoisotopic (exact) mass is 232 g/mol. The Hall–Kier alpha value is -0.520. The van der Waals surface area contributed by atoms with E-state index in [1.165, 1.54) is 70.6 Å². The largest absolute Gasteiger partial charge is 0.0666 e. The minimum atomic E-state index is 1.33. The van der Waals surface area contributed by atoms with Crippen molar-refractivity contribution in [2.45, 2.75) is 84.5 Å². The van der Waals surface area contributed by atoms with Crippen LogP contribution in [0.1, 0.15) is 84.5 Å². The summed E-state index contributed by atoms with van der Waals surface area (Å²) >= 11 is 0. The summed E-state index contributed by atoms with van der Waals surface area (Å²) in [7, 11) is 0. The minimum Gasteiger partial charge on any atom is -0.0666 e. The van der Waals surface area contributed by atoms with Crippen molar-refractivity contribution in [1.82, 2.24) is 0 Å². The predicted molar refractivity (Wildman–Crippen MR) is 76.2 cm³/mol. The molecule has 0 N–H and O–H groups in total. The minimum absolute atomic E-state index is 1.33. The van der Waals surface area contributed by atoms with Crippen LogP contribution in [0.2, 0.25) is 0 Å². The summed E-state index contributed by atoms with van der Waals surface area (Å²) in [5.74, 6) is 0. The van der Waals surface area contributed by atoms with Crippen molar-refractivity contribution in [1.29, 1.82) is 0 Å². The van der Waals surface area contributed by atoms with E-state index in [1.54, 1.807) is 0 Å². The molecule has 0 aliphatic heterocycles. The Morgan fingerprint density at radius 3 is 2.00 bits per heavy atom. The smallest absolute Gasteiger partial charge is 0.0103 e. The Morgan fingerprint density at radius 2 is 1.41 bits per heavy atom. The van der Waals surface area contributed by atoms with Crippen LogP contribution in [0.3, 0.4) is 0 Å². The normalized spacial score (nSPS) is 20.1. The van der Waals surface area contributed by atoms with Gasteiger partial charge in [0.1, 0.15) is 0 Å². The summed E-state index contributed by atoms with van der Waals surface area (Å²) in [6.07, 6.45) is 15.2. The first kappa shape index (κ1) is 12.9. The summed E-state index contributed by atoms with van der Waals surface area (Å²) in [6.45, 7) is 4.63. The van der Waals surface area contributed by atoms with Gasteiger partial charge in [0.2, 0.25) is 0 Å². The van der Waals surface area contributed by atoms with Crippen LogP contribution in [0.15, 0.2) is 22.3 Å². The van der Waals surface area contributed by atoms with E-state index in [-0.39, 0.29) is 0 Å². The van der Waals surface area contributed by atoms with Crippen LogP contribution < -0.4 is 0 Å². The summed E-state index contributed by atoms with van der Waals surface area (Å²) in [5, 5.41) is 0. The molecule has 17 heavy (non-hydrogen) atoms. The Balaban J connectivity index is 2.01. The lowest BCUT2D eigenvalue weighted by Crippen LogP contribution is -2.03. The highest BCUT2D eigenvalue weighted by Crippen LogP contribution is 2.42. The second-order valence-corrected chi connectivity index (χ2v) is 5.83. The fraction of sp³-hybridized carbons (Fsp3) is 0.765. The van der Waals surface area contributed by atoms with Gasteiger partial charge in [-0.25, -0.2) is 0 Å². The highest BCUT2D eigenvalue weighted by molar-refractivity contribution is 5.36. The number of fused-ring (bicyclic) bond motifs is 4. The van der Waals surface area contributed by atoms with E-state index >= 15 is 0 Å². The zero-order valence-electron chi connectivity index (χ0n) is 11.8. The van der Waals surface area contributed by atoms with Gasteiger partial charge in [-0.3, -0.25) is 0 Å². The SMILES string of the molecule is CCCCCC1=C2CCCC(=C(CCC)C2)C1. The zero-order valence-corrected chi connectivity index (χ0v) is 11.8. The maximum Gasteiger partial charge on any atom is -0.0103 e. The topological polar surface area (TPSA) is 0 Å². The fourth-order valence-corrected chi connectivity index (χ4v) is 3.48. The molecule has 0 saturated carbocycles. The van der Waals surface area contributed by atoms with Crippen molar-refractivity contribution in [2.24, 2.45) is 0 Å². The van der Waals surface area contributed by atoms with Crippen LogP contribution in [0, 0.1) is 0 Å². The van der Waals surface area contributed by atoms with Crippen LogP contribution >= 0.6 is 0 Å². The highest BCUT2D eigenvalue weighted by Gasteiger charge is 2.22. The molecule has 0 spiro atoms. The molecule has 0 amide bonds. The molecular formula is C17H28. The fourth-order valence-electron chi connectivity index (χ4n) is 3.48. The molecule has 0 atom stereocenters. The predicted octanol–water partition coefficient (Wildman–Crippen LogP) is 5.94. The first-order chi connectivity index (χ1) is 8.35. The molecule has 0 saturated heterocycles. The van der Waals surface area contributed by atoms with Crippen LogP contribution in [0.25, 0.3) is 0 Å². The van der Waals surface area contributed by atoms with Crippen molar-refractivity contribution >= 4 is 0 Å². The zero-order chi connectivity index (χ0) is 12.1. The molecule has 0 aromatic heterocycles. The molecule has 0 radical (unpaired) electrons. The molecule has 0 heteroatoms. The van der Waals surface area contributed by atoms with Crippen LogP contribution in [0.4, 0.5) is 0 Å². The van der Waals surface area contributed by atoms with Gasteiger partial charge < -0.3 is 0 Å². The molecule has 0 aromatic rings. The first-order valence-electron chi connectivity index (χ1n) is 7.74. The number of hydrogen-bond donors (Lipinski definition) is 0. The van der Waals surface area contributed by atoms with Crippen molar-refractivity contribution in [3.8, 4) is 0 Å². The molecule has 3 rings (SSSR count). The van der Waals surface area contributed by atoms with Gasteiger partial charge in [-0.1, -0.05) is 55.4 Å². The number of allylic oxidation sites excluding steroid dienone is 4. The lowest BCUT2D eigenvalue weighted by molar-refractivity contribution is 0.686. The molecule has 0 unspecified atom stereocenters. The van der Waals surface area contributed by atoms with Gasteiger partial charge in [0.15, 0.2) is 0 Å². The van der Waals surface area contributed by atoms with Gasteiger partial charge in [-0.2, -0.15) is 0 Å². The molecule has 3 aliphatic rings. The van der Waals surface area contributed by atoms with Crippen LogP contribution in [-0.2, 0) is 0 Å². The summed E-state index contributed by atoms with van der Waals surface area (Å²) in [4.78, 5) is 0. The summed E-state index contributed by atoms with van der Waals surface area (Å²) in [6, 6.07) is 0. The summed E-state index contributed by atoms with van der Waals surface area (Å²) in [5.41, 5.74) is 7.33. The lowest BCUT2D eigenvalue weighted by Gasteiger charge is -2.22. The van der Waals surface area contributed by atoms with Gasteiger partial charge in [0.05, 0.1) is 0 Å². The van der Waals surface area contributed by atoms with Crippen LogP contribution in [0.5, 0.6) is 0 Å². The number of rotatable bonds is 6. The lowest BCUT2D eigenvalue weighted by atomic mass is 9.83. The molecular weight excluding hydrogens is 204 g/mol. The van der Waals surface area contributed by atoms with Crippen molar-refractivity contribution in [3.05, 3.63) is 22.3 Å². The number of unbranched alkanes of at least 4 members (excludes halogenated alkanes) is 2. The van der Waals surface area contributed by atoms with Crippen molar-refractivity contribution < 1.29 is 0 Å². The van der Waals surface area contributed by atoms with Gasteiger partial charge >= 0.3 is 0 Å². The second-order valence-electron chi connectivity index (χ2n) is 5.83. The molecule has 0 heterocycles. The molecule has 96 valence electrons. The van der Waals surface area contributed by atoms with E-state index < -0.39 is 0 Å². The van der Waals surface area contributed by atoms with Crippen molar-refractivity contribution in [3.63, 3.8) is 0 Å². The molecule has 2 bridgehead atoms. The Labute approximate surface area is 107 Å². The maximum absolute atomic E-state index is 2.32. The third kappa shape index (κ3) is 3.24.